The van der Waals surface area contributed by atoms with Crippen molar-refractivity contribution in [1.82, 2.24) is 19.5 Å². The quantitative estimate of drug-likeness (QED) is 0.469. The second kappa shape index (κ2) is 7.28. The third kappa shape index (κ3) is 3.27. The van der Waals surface area contributed by atoms with E-state index < -0.39 is 0 Å². The molecule has 0 bridgehead atoms. The summed E-state index contributed by atoms with van der Waals surface area (Å²) in [6, 6.07) is 25.3. The number of aromatic nitrogens is 4. The second-order valence-corrected chi connectivity index (χ2v) is 6.89. The van der Waals surface area contributed by atoms with E-state index in [9.17, 15) is 4.79 Å². The molecule has 0 fully saturated rings. The van der Waals surface area contributed by atoms with Crippen LogP contribution in [0.3, 0.4) is 0 Å². The SMILES string of the molecule is O=c1c2ccccc2nc(-c2cnc3ccccc3n2)n1CCc1ccccc1. The fourth-order valence-electron chi connectivity index (χ4n) is 3.52. The van der Waals surface area contributed by atoms with Crippen LogP contribution in [0.25, 0.3) is 33.5 Å². The molecule has 3 aromatic carbocycles. The molecule has 0 unspecified atom stereocenters. The summed E-state index contributed by atoms with van der Waals surface area (Å²) < 4.78 is 1.72. The van der Waals surface area contributed by atoms with E-state index in [4.69, 9.17) is 9.97 Å². The fraction of sp³-hybridized carbons (Fsp3) is 0.0833. The summed E-state index contributed by atoms with van der Waals surface area (Å²) in [5.41, 5.74) is 3.97. The number of fused-ring (bicyclic) bond motifs is 2. The summed E-state index contributed by atoms with van der Waals surface area (Å²) in [6.07, 6.45) is 2.42. The zero-order valence-corrected chi connectivity index (χ0v) is 15.7. The molecule has 5 nitrogen and oxygen atoms in total. The Balaban J connectivity index is 1.68. The highest BCUT2D eigenvalue weighted by molar-refractivity contribution is 5.80. The van der Waals surface area contributed by atoms with E-state index in [0.29, 0.717) is 29.0 Å². The van der Waals surface area contributed by atoms with Crippen LogP contribution in [0.2, 0.25) is 0 Å². The molecule has 5 aromatic rings. The Morgan fingerprint density at radius 3 is 2.24 bits per heavy atom. The fourth-order valence-corrected chi connectivity index (χ4v) is 3.52. The molecule has 0 saturated heterocycles. The van der Waals surface area contributed by atoms with Crippen LogP contribution in [0.5, 0.6) is 0 Å². The Bertz CT molecular complexity index is 1380. The van der Waals surface area contributed by atoms with E-state index in [-0.39, 0.29) is 5.56 Å². The molecule has 5 heteroatoms. The zero-order valence-electron chi connectivity index (χ0n) is 15.7. The number of aryl methyl sites for hydroxylation is 1. The highest BCUT2D eigenvalue weighted by Crippen LogP contribution is 2.19. The molecule has 29 heavy (non-hydrogen) atoms. The van der Waals surface area contributed by atoms with Crippen LogP contribution in [0, 0.1) is 0 Å². The van der Waals surface area contributed by atoms with Crippen LogP contribution >= 0.6 is 0 Å². The van der Waals surface area contributed by atoms with Crippen molar-refractivity contribution < 1.29 is 0 Å². The molecule has 0 atom stereocenters. The minimum Gasteiger partial charge on any atom is -0.290 e. The van der Waals surface area contributed by atoms with Crippen LogP contribution < -0.4 is 5.56 Å². The first kappa shape index (κ1) is 17.3. The second-order valence-electron chi connectivity index (χ2n) is 6.89. The number of benzene rings is 3. The van der Waals surface area contributed by atoms with Crippen LogP contribution in [0.1, 0.15) is 5.56 Å². The van der Waals surface area contributed by atoms with E-state index in [1.54, 1.807) is 10.8 Å². The summed E-state index contributed by atoms with van der Waals surface area (Å²) in [6.45, 7) is 0.518. The predicted octanol–water partition coefficient (Wildman–Crippen LogP) is 4.25. The van der Waals surface area contributed by atoms with E-state index in [1.807, 2.05) is 66.7 Å². The molecule has 140 valence electrons. The highest BCUT2D eigenvalue weighted by atomic mass is 16.1. The van der Waals surface area contributed by atoms with Gasteiger partial charge in [0.05, 0.1) is 28.1 Å². The molecule has 0 saturated carbocycles. The van der Waals surface area contributed by atoms with Gasteiger partial charge >= 0.3 is 0 Å². The van der Waals surface area contributed by atoms with Gasteiger partial charge in [0, 0.05) is 6.54 Å². The molecule has 2 aromatic heterocycles. The van der Waals surface area contributed by atoms with Gasteiger partial charge in [-0.2, -0.15) is 0 Å². The first-order valence-electron chi connectivity index (χ1n) is 9.55. The molecular formula is C24H18N4O. The minimum absolute atomic E-state index is 0.0588. The monoisotopic (exact) mass is 378 g/mol. The topological polar surface area (TPSA) is 60.7 Å². The van der Waals surface area contributed by atoms with Crippen LogP contribution in [-0.2, 0) is 13.0 Å². The third-order valence-electron chi connectivity index (χ3n) is 5.01. The van der Waals surface area contributed by atoms with Gasteiger partial charge < -0.3 is 0 Å². The molecule has 5 rings (SSSR count). The van der Waals surface area contributed by atoms with E-state index >= 15 is 0 Å². The molecule has 0 aliphatic rings. The predicted molar refractivity (Wildman–Crippen MR) is 115 cm³/mol. The number of para-hydroxylation sites is 3. The number of hydrogen-bond donors (Lipinski definition) is 0. The Labute approximate surface area is 167 Å². The van der Waals surface area contributed by atoms with E-state index in [2.05, 4.69) is 17.1 Å². The minimum atomic E-state index is -0.0588. The molecule has 0 spiro atoms. The van der Waals surface area contributed by atoms with Crippen LogP contribution in [-0.4, -0.2) is 19.5 Å². The van der Waals surface area contributed by atoms with Crippen molar-refractivity contribution in [2.45, 2.75) is 13.0 Å². The molecular weight excluding hydrogens is 360 g/mol. The smallest absolute Gasteiger partial charge is 0.261 e. The van der Waals surface area contributed by atoms with Crippen molar-refractivity contribution >= 4 is 21.9 Å². The number of hydrogen-bond acceptors (Lipinski definition) is 4. The first-order chi connectivity index (χ1) is 14.3. The molecule has 2 heterocycles. The van der Waals surface area contributed by atoms with Gasteiger partial charge in [0.25, 0.3) is 5.56 Å². The van der Waals surface area contributed by atoms with E-state index in [1.165, 1.54) is 5.56 Å². The maximum absolute atomic E-state index is 13.3. The highest BCUT2D eigenvalue weighted by Gasteiger charge is 2.14. The lowest BCUT2D eigenvalue weighted by Gasteiger charge is -2.13. The molecule has 0 aliphatic heterocycles. The van der Waals surface area contributed by atoms with Crippen LogP contribution in [0.15, 0.2) is 89.9 Å². The van der Waals surface area contributed by atoms with Gasteiger partial charge in [0.15, 0.2) is 5.82 Å². The number of nitrogens with zero attached hydrogens (tertiary/aromatic N) is 4. The average Bonchev–Trinajstić information content (AvgIpc) is 2.79. The standard InChI is InChI=1S/C24H18N4O/c29-24-18-10-4-5-11-19(18)27-23(28(24)15-14-17-8-2-1-3-9-17)22-16-25-20-12-6-7-13-21(20)26-22/h1-13,16H,14-15H2. The van der Waals surface area contributed by atoms with Crippen molar-refractivity contribution in [2.75, 3.05) is 0 Å². The largest absolute Gasteiger partial charge is 0.290 e. The maximum Gasteiger partial charge on any atom is 0.261 e. The maximum atomic E-state index is 13.3. The van der Waals surface area contributed by atoms with Crippen molar-refractivity contribution in [1.29, 1.82) is 0 Å². The van der Waals surface area contributed by atoms with Gasteiger partial charge in [-0.15, -0.1) is 0 Å². The van der Waals surface area contributed by atoms with Gasteiger partial charge in [-0.25, -0.2) is 9.97 Å². The lowest BCUT2D eigenvalue weighted by molar-refractivity contribution is 0.669. The lowest BCUT2D eigenvalue weighted by Crippen LogP contribution is -2.25. The molecule has 0 aliphatic carbocycles. The lowest BCUT2D eigenvalue weighted by atomic mass is 10.1. The van der Waals surface area contributed by atoms with Crippen molar-refractivity contribution in [2.24, 2.45) is 0 Å². The van der Waals surface area contributed by atoms with Gasteiger partial charge in [-0.3, -0.25) is 14.3 Å². The summed E-state index contributed by atoms with van der Waals surface area (Å²) >= 11 is 0. The summed E-state index contributed by atoms with van der Waals surface area (Å²) in [7, 11) is 0. The normalized spacial score (nSPS) is 11.2. The van der Waals surface area contributed by atoms with Gasteiger partial charge in [0.1, 0.15) is 5.69 Å². The Morgan fingerprint density at radius 2 is 1.41 bits per heavy atom. The van der Waals surface area contributed by atoms with Crippen LogP contribution in [0.4, 0.5) is 0 Å². The average molecular weight is 378 g/mol. The zero-order chi connectivity index (χ0) is 19.6. The van der Waals surface area contributed by atoms with Gasteiger partial charge in [0.2, 0.25) is 0 Å². The molecule has 0 radical (unpaired) electrons. The van der Waals surface area contributed by atoms with E-state index in [0.717, 1.165) is 17.5 Å². The summed E-state index contributed by atoms with van der Waals surface area (Å²) in [4.78, 5) is 27.3. The Kier molecular flexibility index (Phi) is 4.33. The summed E-state index contributed by atoms with van der Waals surface area (Å²) in [5, 5.41) is 0.609. The molecule has 0 N–H and O–H groups in total. The van der Waals surface area contributed by atoms with Crippen molar-refractivity contribution in [3.63, 3.8) is 0 Å². The molecule has 0 amide bonds. The van der Waals surface area contributed by atoms with Gasteiger partial charge in [-0.1, -0.05) is 54.6 Å². The Morgan fingerprint density at radius 1 is 0.724 bits per heavy atom. The summed E-state index contributed by atoms with van der Waals surface area (Å²) in [5.74, 6) is 0.544. The third-order valence-corrected chi connectivity index (χ3v) is 5.01. The number of rotatable bonds is 4. The van der Waals surface area contributed by atoms with Crippen molar-refractivity contribution in [3.8, 4) is 11.5 Å². The van der Waals surface area contributed by atoms with Crippen molar-refractivity contribution in [3.05, 3.63) is 101 Å². The first-order valence-corrected chi connectivity index (χ1v) is 9.55. The van der Waals surface area contributed by atoms with Gasteiger partial charge in [-0.05, 0) is 36.2 Å². The Hall–Kier alpha value is -3.86.